The van der Waals surface area contributed by atoms with Crippen LogP contribution in [0.4, 0.5) is 0 Å². The molecule has 2 aromatic rings. The van der Waals surface area contributed by atoms with Crippen LogP contribution in [0.5, 0.6) is 0 Å². The molecule has 114 valence electrons. The molecular formula is C13H16N2O5S. The van der Waals surface area contributed by atoms with Crippen LogP contribution in [0.3, 0.4) is 0 Å². The molecule has 0 aliphatic carbocycles. The smallest absolute Gasteiger partial charge is 0.408 e. The van der Waals surface area contributed by atoms with E-state index in [1.165, 1.54) is 21.0 Å². The molecule has 1 fully saturated rings. The maximum Gasteiger partial charge on any atom is 0.419 e. The summed E-state index contributed by atoms with van der Waals surface area (Å²) in [6.07, 6.45) is 0. The standard InChI is InChI=1S/C13H16N2O5S/c1-13(2)7-19-8-15(13)21(17,18)9-4-5-10-11(6-9)20-12(16)14(10)3/h4-6H,7-8H2,1-3H3. The highest BCUT2D eigenvalue weighted by molar-refractivity contribution is 7.89. The van der Waals surface area contributed by atoms with E-state index >= 15 is 0 Å². The quantitative estimate of drug-likeness (QED) is 0.822. The SMILES string of the molecule is Cn1c(=O)oc2cc(S(=O)(=O)N3COCC3(C)C)ccc21. The van der Waals surface area contributed by atoms with Crippen LogP contribution in [0.25, 0.3) is 11.1 Å². The highest BCUT2D eigenvalue weighted by Gasteiger charge is 2.42. The van der Waals surface area contributed by atoms with E-state index < -0.39 is 21.3 Å². The summed E-state index contributed by atoms with van der Waals surface area (Å²) in [7, 11) is -2.14. The molecule has 0 atom stereocenters. The number of hydrogen-bond donors (Lipinski definition) is 0. The molecule has 0 saturated carbocycles. The summed E-state index contributed by atoms with van der Waals surface area (Å²) in [6.45, 7) is 3.97. The Kier molecular flexibility index (Phi) is 3.01. The number of aromatic nitrogens is 1. The van der Waals surface area contributed by atoms with Crippen LogP contribution in [0, 0.1) is 0 Å². The first-order valence-corrected chi connectivity index (χ1v) is 7.88. The van der Waals surface area contributed by atoms with Crippen LogP contribution in [0.1, 0.15) is 13.8 Å². The van der Waals surface area contributed by atoms with Gasteiger partial charge < -0.3 is 9.15 Å². The number of sulfonamides is 1. The Morgan fingerprint density at radius 3 is 2.62 bits per heavy atom. The molecule has 2 heterocycles. The molecule has 1 saturated heterocycles. The molecule has 7 nitrogen and oxygen atoms in total. The van der Waals surface area contributed by atoms with Crippen molar-refractivity contribution in [2.75, 3.05) is 13.3 Å². The molecule has 1 aromatic carbocycles. The minimum absolute atomic E-state index is 0.0199. The number of fused-ring (bicyclic) bond motifs is 1. The van der Waals surface area contributed by atoms with Crippen LogP contribution < -0.4 is 5.76 Å². The van der Waals surface area contributed by atoms with Crippen LogP contribution in [-0.2, 0) is 21.8 Å². The summed E-state index contributed by atoms with van der Waals surface area (Å²) in [5.74, 6) is -0.524. The topological polar surface area (TPSA) is 81.8 Å². The predicted molar refractivity (Wildman–Crippen MR) is 75.4 cm³/mol. The Bertz CT molecular complexity index is 862. The normalized spacial score (nSPS) is 19.4. The molecule has 0 amide bonds. The summed E-state index contributed by atoms with van der Waals surface area (Å²) in [5.41, 5.74) is 0.197. The zero-order valence-electron chi connectivity index (χ0n) is 12.0. The Labute approximate surface area is 121 Å². The van der Waals surface area contributed by atoms with E-state index in [1.807, 2.05) is 0 Å². The molecule has 0 spiro atoms. The molecule has 8 heteroatoms. The summed E-state index contributed by atoms with van der Waals surface area (Å²) in [5, 5.41) is 0. The molecule has 0 radical (unpaired) electrons. The number of nitrogens with zero attached hydrogens (tertiary/aromatic N) is 2. The van der Waals surface area contributed by atoms with Gasteiger partial charge in [-0.3, -0.25) is 4.57 Å². The summed E-state index contributed by atoms with van der Waals surface area (Å²) < 4.78 is 38.3. The molecule has 1 aromatic heterocycles. The van der Waals surface area contributed by atoms with E-state index in [9.17, 15) is 13.2 Å². The van der Waals surface area contributed by atoms with Gasteiger partial charge in [0.1, 0.15) is 6.73 Å². The Morgan fingerprint density at radius 2 is 2.00 bits per heavy atom. The lowest BCUT2D eigenvalue weighted by Gasteiger charge is -2.27. The zero-order chi connectivity index (χ0) is 15.4. The van der Waals surface area contributed by atoms with Gasteiger partial charge in [-0.2, -0.15) is 4.31 Å². The first-order valence-electron chi connectivity index (χ1n) is 6.44. The monoisotopic (exact) mass is 312 g/mol. The van der Waals surface area contributed by atoms with E-state index in [0.29, 0.717) is 12.1 Å². The predicted octanol–water partition coefficient (Wildman–Crippen LogP) is 0.888. The maximum absolute atomic E-state index is 12.7. The van der Waals surface area contributed by atoms with E-state index in [1.54, 1.807) is 27.0 Å². The fourth-order valence-electron chi connectivity index (χ4n) is 2.42. The van der Waals surface area contributed by atoms with E-state index in [0.717, 1.165) is 0 Å². The highest BCUT2D eigenvalue weighted by Crippen LogP contribution is 2.30. The Morgan fingerprint density at radius 1 is 1.29 bits per heavy atom. The fourth-order valence-corrected chi connectivity index (χ4v) is 4.09. The molecule has 0 unspecified atom stereocenters. The number of ether oxygens (including phenoxy) is 1. The lowest BCUT2D eigenvalue weighted by Crippen LogP contribution is -2.44. The number of rotatable bonds is 2. The average molecular weight is 312 g/mol. The molecular weight excluding hydrogens is 296 g/mol. The van der Waals surface area contributed by atoms with Crippen molar-refractivity contribution in [3.05, 3.63) is 28.7 Å². The summed E-state index contributed by atoms with van der Waals surface area (Å²) >= 11 is 0. The maximum atomic E-state index is 12.7. The van der Waals surface area contributed by atoms with Gasteiger partial charge in [0.15, 0.2) is 5.58 Å². The number of hydrogen-bond acceptors (Lipinski definition) is 5. The van der Waals surface area contributed by atoms with Crippen molar-refractivity contribution in [3.63, 3.8) is 0 Å². The van der Waals surface area contributed by atoms with Gasteiger partial charge in [-0.25, -0.2) is 13.2 Å². The van der Waals surface area contributed by atoms with Crippen molar-refractivity contribution in [1.82, 2.24) is 8.87 Å². The minimum atomic E-state index is -3.70. The lowest BCUT2D eigenvalue weighted by molar-refractivity contribution is 0.171. The fraction of sp³-hybridized carbons (Fsp3) is 0.462. The second kappa shape index (κ2) is 4.43. The van der Waals surface area contributed by atoms with Crippen LogP contribution in [0.15, 0.2) is 32.3 Å². The lowest BCUT2D eigenvalue weighted by atomic mass is 10.1. The average Bonchev–Trinajstić information content (AvgIpc) is 2.90. The summed E-state index contributed by atoms with van der Waals surface area (Å²) in [6, 6.07) is 4.42. The van der Waals surface area contributed by atoms with Gasteiger partial charge in [0.2, 0.25) is 10.0 Å². The summed E-state index contributed by atoms with van der Waals surface area (Å²) in [4.78, 5) is 11.6. The van der Waals surface area contributed by atoms with E-state index in [2.05, 4.69) is 0 Å². The third-order valence-corrected chi connectivity index (χ3v) is 5.72. The van der Waals surface area contributed by atoms with Crippen molar-refractivity contribution in [2.24, 2.45) is 7.05 Å². The molecule has 0 N–H and O–H groups in total. The van der Waals surface area contributed by atoms with Gasteiger partial charge in [0.25, 0.3) is 0 Å². The number of benzene rings is 1. The largest absolute Gasteiger partial charge is 0.419 e. The second-order valence-electron chi connectivity index (χ2n) is 5.70. The van der Waals surface area contributed by atoms with E-state index in [-0.39, 0.29) is 17.2 Å². The van der Waals surface area contributed by atoms with Crippen LogP contribution in [0.2, 0.25) is 0 Å². The van der Waals surface area contributed by atoms with Crippen molar-refractivity contribution >= 4 is 21.1 Å². The highest BCUT2D eigenvalue weighted by atomic mass is 32.2. The van der Waals surface area contributed by atoms with Gasteiger partial charge >= 0.3 is 5.76 Å². The van der Waals surface area contributed by atoms with Crippen molar-refractivity contribution in [1.29, 1.82) is 0 Å². The van der Waals surface area contributed by atoms with Crippen LogP contribution >= 0.6 is 0 Å². The van der Waals surface area contributed by atoms with Gasteiger partial charge in [-0.05, 0) is 26.0 Å². The first kappa shape index (κ1) is 14.3. The first-order chi connectivity index (χ1) is 9.73. The zero-order valence-corrected chi connectivity index (χ0v) is 12.8. The number of oxazole rings is 1. The van der Waals surface area contributed by atoms with Gasteiger partial charge in [-0.15, -0.1) is 0 Å². The molecule has 1 aliphatic heterocycles. The Hall–Kier alpha value is -1.64. The molecule has 1 aliphatic rings. The third-order valence-electron chi connectivity index (χ3n) is 3.69. The number of aryl methyl sites for hydroxylation is 1. The van der Waals surface area contributed by atoms with Crippen molar-refractivity contribution in [2.45, 2.75) is 24.3 Å². The van der Waals surface area contributed by atoms with Crippen LogP contribution in [-0.4, -0.2) is 36.2 Å². The van der Waals surface area contributed by atoms with Gasteiger partial charge in [0.05, 0.1) is 22.6 Å². The van der Waals surface area contributed by atoms with Gasteiger partial charge in [-0.1, -0.05) is 0 Å². The van der Waals surface area contributed by atoms with Crippen molar-refractivity contribution < 1.29 is 17.6 Å². The third kappa shape index (κ3) is 2.10. The van der Waals surface area contributed by atoms with Crippen molar-refractivity contribution in [3.8, 4) is 0 Å². The van der Waals surface area contributed by atoms with E-state index in [4.69, 9.17) is 9.15 Å². The molecule has 0 bridgehead atoms. The Balaban J connectivity index is 2.13. The molecule has 21 heavy (non-hydrogen) atoms. The van der Waals surface area contributed by atoms with Gasteiger partial charge in [0, 0.05) is 13.1 Å². The second-order valence-corrected chi connectivity index (χ2v) is 7.56. The molecule has 3 rings (SSSR count). The minimum Gasteiger partial charge on any atom is -0.408 e.